The summed E-state index contributed by atoms with van der Waals surface area (Å²) in [5, 5.41) is 24.6. The molecule has 0 fully saturated rings. The van der Waals surface area contributed by atoms with E-state index < -0.39 is 0 Å². The summed E-state index contributed by atoms with van der Waals surface area (Å²) >= 11 is 0. The van der Waals surface area contributed by atoms with Gasteiger partial charge in [-0.3, -0.25) is 0 Å². The van der Waals surface area contributed by atoms with Gasteiger partial charge in [0.05, 0.1) is 13.7 Å². The van der Waals surface area contributed by atoms with Gasteiger partial charge in [-0.1, -0.05) is 19.1 Å². The van der Waals surface area contributed by atoms with Crippen LogP contribution in [0.1, 0.15) is 25.2 Å². The van der Waals surface area contributed by atoms with Gasteiger partial charge in [0.15, 0.2) is 17.5 Å². The van der Waals surface area contributed by atoms with Crippen LogP contribution in [0.4, 0.5) is 0 Å². The maximum Gasteiger partial charge on any atom is 0.191 e. The Bertz CT molecular complexity index is 698. The van der Waals surface area contributed by atoms with E-state index in [4.69, 9.17) is 4.74 Å². The van der Waals surface area contributed by atoms with Crippen molar-refractivity contribution in [3.05, 3.63) is 35.9 Å². The van der Waals surface area contributed by atoms with Gasteiger partial charge >= 0.3 is 0 Å². The molecule has 0 aliphatic heterocycles. The molecule has 0 atom stereocenters. The number of methoxy groups -OCH3 is 1. The van der Waals surface area contributed by atoms with E-state index in [1.807, 2.05) is 23.6 Å². The van der Waals surface area contributed by atoms with Crippen molar-refractivity contribution in [1.82, 2.24) is 25.4 Å². The van der Waals surface area contributed by atoms with E-state index in [-0.39, 0.29) is 5.75 Å². The summed E-state index contributed by atoms with van der Waals surface area (Å²) in [6, 6.07) is 5.38. The Kier molecular flexibility index (Phi) is 7.06. The topological polar surface area (TPSA) is 96.6 Å². The summed E-state index contributed by atoms with van der Waals surface area (Å²) < 4.78 is 7.14. The fraction of sp³-hybridized carbons (Fsp3) is 0.471. The van der Waals surface area contributed by atoms with E-state index >= 15 is 0 Å². The second-order valence-electron chi connectivity index (χ2n) is 5.38. The molecule has 0 aliphatic rings. The van der Waals surface area contributed by atoms with Crippen LogP contribution in [0.25, 0.3) is 0 Å². The third-order valence-corrected chi connectivity index (χ3v) is 3.71. The summed E-state index contributed by atoms with van der Waals surface area (Å²) in [6.07, 6.45) is 2.59. The second kappa shape index (κ2) is 9.51. The zero-order valence-corrected chi connectivity index (χ0v) is 15.0. The first kappa shape index (κ1) is 18.6. The third kappa shape index (κ3) is 5.10. The molecule has 1 aromatic heterocycles. The molecule has 0 aliphatic carbocycles. The van der Waals surface area contributed by atoms with Gasteiger partial charge in [0.2, 0.25) is 0 Å². The first-order chi connectivity index (χ1) is 12.2. The van der Waals surface area contributed by atoms with E-state index in [0.29, 0.717) is 30.4 Å². The molecule has 0 radical (unpaired) electrons. The van der Waals surface area contributed by atoms with Crippen LogP contribution in [0.2, 0.25) is 0 Å². The van der Waals surface area contributed by atoms with Gasteiger partial charge in [0, 0.05) is 31.6 Å². The Morgan fingerprint density at radius 3 is 2.88 bits per heavy atom. The first-order valence-electron chi connectivity index (χ1n) is 8.43. The number of para-hydroxylation sites is 1. The Hall–Kier alpha value is -2.77. The molecule has 0 saturated carbocycles. The van der Waals surface area contributed by atoms with Crippen LogP contribution in [0, 0.1) is 0 Å². The zero-order valence-electron chi connectivity index (χ0n) is 15.0. The van der Waals surface area contributed by atoms with Gasteiger partial charge in [-0.05, 0) is 13.0 Å². The standard InChI is InChI=1S/C17H26N6O2/c1-4-15-22-21-12-23(15)10-9-19-17(18-5-2)20-11-13-7-6-8-14(25-3)16(13)24/h6-8,12,24H,4-5,9-11H2,1-3H3,(H2,18,19,20). The summed E-state index contributed by atoms with van der Waals surface area (Å²) in [5.74, 6) is 2.23. The van der Waals surface area contributed by atoms with Gasteiger partial charge in [-0.15, -0.1) is 10.2 Å². The molecule has 1 heterocycles. The molecule has 0 spiro atoms. The molecular weight excluding hydrogens is 320 g/mol. The number of hydrogen-bond donors (Lipinski definition) is 3. The molecule has 2 aromatic rings. The van der Waals surface area contributed by atoms with Gasteiger partial charge in [0.1, 0.15) is 12.2 Å². The van der Waals surface area contributed by atoms with Crippen LogP contribution in [-0.4, -0.2) is 46.0 Å². The lowest BCUT2D eigenvalue weighted by Crippen LogP contribution is -2.38. The third-order valence-electron chi connectivity index (χ3n) is 3.71. The SMILES string of the molecule is CCNC(=NCc1cccc(OC)c1O)NCCn1cnnc1CC. The van der Waals surface area contributed by atoms with Crippen molar-refractivity contribution in [2.24, 2.45) is 4.99 Å². The minimum Gasteiger partial charge on any atom is -0.504 e. The Labute approximate surface area is 148 Å². The molecule has 8 nitrogen and oxygen atoms in total. The maximum atomic E-state index is 10.1. The minimum atomic E-state index is 0.127. The van der Waals surface area contributed by atoms with E-state index in [9.17, 15) is 5.11 Å². The number of guanidine groups is 1. The van der Waals surface area contributed by atoms with Gasteiger partial charge in [0.25, 0.3) is 0 Å². The molecular formula is C17H26N6O2. The van der Waals surface area contributed by atoms with Crippen LogP contribution in [-0.2, 0) is 19.5 Å². The molecule has 136 valence electrons. The summed E-state index contributed by atoms with van der Waals surface area (Å²) in [5.41, 5.74) is 0.712. The van der Waals surface area contributed by atoms with Crippen LogP contribution < -0.4 is 15.4 Å². The Morgan fingerprint density at radius 1 is 1.32 bits per heavy atom. The van der Waals surface area contributed by atoms with Crippen molar-refractivity contribution in [3.63, 3.8) is 0 Å². The molecule has 25 heavy (non-hydrogen) atoms. The summed E-state index contributed by atoms with van der Waals surface area (Å²) in [6.45, 7) is 6.62. The molecule has 3 N–H and O–H groups in total. The van der Waals surface area contributed by atoms with Crippen LogP contribution in [0.5, 0.6) is 11.5 Å². The van der Waals surface area contributed by atoms with Crippen molar-refractivity contribution < 1.29 is 9.84 Å². The predicted molar refractivity (Wildman–Crippen MR) is 96.9 cm³/mol. The van der Waals surface area contributed by atoms with E-state index in [2.05, 4.69) is 32.7 Å². The fourth-order valence-electron chi connectivity index (χ4n) is 2.40. The smallest absolute Gasteiger partial charge is 0.191 e. The number of nitrogens with one attached hydrogen (secondary N) is 2. The summed E-state index contributed by atoms with van der Waals surface area (Å²) in [4.78, 5) is 4.52. The maximum absolute atomic E-state index is 10.1. The number of phenolic OH excluding ortho intramolecular Hbond substituents is 1. The lowest BCUT2D eigenvalue weighted by Gasteiger charge is -2.13. The van der Waals surface area contributed by atoms with Gasteiger partial charge in [-0.25, -0.2) is 4.99 Å². The van der Waals surface area contributed by atoms with Crippen molar-refractivity contribution in [1.29, 1.82) is 0 Å². The molecule has 1 aromatic carbocycles. The van der Waals surface area contributed by atoms with Gasteiger partial charge < -0.3 is 25.0 Å². The average Bonchev–Trinajstić information content (AvgIpc) is 3.08. The first-order valence-corrected chi connectivity index (χ1v) is 8.43. The van der Waals surface area contributed by atoms with Crippen molar-refractivity contribution in [2.75, 3.05) is 20.2 Å². The number of benzene rings is 1. The lowest BCUT2D eigenvalue weighted by molar-refractivity contribution is 0.370. The molecule has 0 amide bonds. The number of hydrogen-bond acceptors (Lipinski definition) is 5. The fourth-order valence-corrected chi connectivity index (χ4v) is 2.40. The van der Waals surface area contributed by atoms with E-state index in [1.165, 1.54) is 7.11 Å². The number of nitrogens with zero attached hydrogens (tertiary/aromatic N) is 4. The molecule has 2 rings (SSSR count). The number of aliphatic imine (C=N–C) groups is 1. The quantitative estimate of drug-likeness (QED) is 0.493. The molecule has 0 unspecified atom stereocenters. The van der Waals surface area contributed by atoms with Crippen LogP contribution >= 0.6 is 0 Å². The van der Waals surface area contributed by atoms with Crippen molar-refractivity contribution in [3.8, 4) is 11.5 Å². The highest BCUT2D eigenvalue weighted by atomic mass is 16.5. The lowest BCUT2D eigenvalue weighted by atomic mass is 10.2. The average molecular weight is 346 g/mol. The monoisotopic (exact) mass is 346 g/mol. The van der Waals surface area contributed by atoms with E-state index in [0.717, 1.165) is 25.3 Å². The van der Waals surface area contributed by atoms with Crippen LogP contribution in [0.3, 0.4) is 0 Å². The number of aromatic nitrogens is 3. The normalized spacial score (nSPS) is 11.4. The van der Waals surface area contributed by atoms with Gasteiger partial charge in [-0.2, -0.15) is 0 Å². The largest absolute Gasteiger partial charge is 0.504 e. The van der Waals surface area contributed by atoms with E-state index in [1.54, 1.807) is 12.4 Å². The number of ether oxygens (including phenoxy) is 1. The minimum absolute atomic E-state index is 0.127. The number of aryl methyl sites for hydroxylation is 1. The highest BCUT2D eigenvalue weighted by molar-refractivity contribution is 5.79. The number of aromatic hydroxyl groups is 1. The Morgan fingerprint density at radius 2 is 2.16 bits per heavy atom. The second-order valence-corrected chi connectivity index (χ2v) is 5.38. The number of phenols is 1. The highest BCUT2D eigenvalue weighted by Crippen LogP contribution is 2.29. The predicted octanol–water partition coefficient (Wildman–Crippen LogP) is 1.31. The summed E-state index contributed by atoms with van der Waals surface area (Å²) in [7, 11) is 1.53. The highest BCUT2D eigenvalue weighted by Gasteiger charge is 2.07. The van der Waals surface area contributed by atoms with Crippen LogP contribution in [0.15, 0.2) is 29.5 Å². The Balaban J connectivity index is 1.96. The molecule has 0 bridgehead atoms. The number of rotatable bonds is 8. The zero-order chi connectivity index (χ0) is 18.1. The van der Waals surface area contributed by atoms with Crippen molar-refractivity contribution in [2.45, 2.75) is 33.4 Å². The van der Waals surface area contributed by atoms with Crippen molar-refractivity contribution >= 4 is 5.96 Å². The molecule has 0 saturated heterocycles. The molecule has 8 heteroatoms.